The van der Waals surface area contributed by atoms with Gasteiger partial charge in [-0.15, -0.1) is 0 Å². The third-order valence-corrected chi connectivity index (χ3v) is 4.28. The summed E-state index contributed by atoms with van der Waals surface area (Å²) < 4.78 is 2.14. The van der Waals surface area contributed by atoms with Crippen LogP contribution in [0.1, 0.15) is 48.1 Å². The van der Waals surface area contributed by atoms with Gasteiger partial charge in [0.1, 0.15) is 5.82 Å². The SMILES string of the molecule is CC(C)CC(N)c1nc2ccccc2n1Cc1ccc(C(=O)O)cc1. The van der Waals surface area contributed by atoms with Crippen LogP contribution in [0.3, 0.4) is 0 Å². The number of fused-ring (bicyclic) bond motifs is 1. The minimum absolute atomic E-state index is 0.134. The number of hydrogen-bond donors (Lipinski definition) is 2. The molecule has 5 nitrogen and oxygen atoms in total. The van der Waals surface area contributed by atoms with E-state index in [0.29, 0.717) is 12.5 Å². The molecule has 2 aromatic carbocycles. The number of aromatic nitrogens is 2. The highest BCUT2D eigenvalue weighted by atomic mass is 16.4. The second-order valence-electron chi connectivity index (χ2n) is 6.78. The molecular weight excluding hydrogens is 314 g/mol. The van der Waals surface area contributed by atoms with Crippen molar-refractivity contribution in [2.75, 3.05) is 0 Å². The normalized spacial score (nSPS) is 12.6. The third kappa shape index (κ3) is 3.72. The monoisotopic (exact) mass is 337 g/mol. The van der Waals surface area contributed by atoms with E-state index in [1.165, 1.54) is 0 Å². The Morgan fingerprint density at radius 1 is 1.16 bits per heavy atom. The van der Waals surface area contributed by atoms with E-state index in [1.807, 2.05) is 36.4 Å². The lowest BCUT2D eigenvalue weighted by atomic mass is 10.0. The highest BCUT2D eigenvalue weighted by Gasteiger charge is 2.18. The molecule has 1 heterocycles. The number of carboxylic acid groups (broad SMARTS) is 1. The summed E-state index contributed by atoms with van der Waals surface area (Å²) in [6, 6.07) is 14.8. The molecule has 0 saturated carbocycles. The summed E-state index contributed by atoms with van der Waals surface area (Å²) in [4.78, 5) is 15.8. The number of aromatic carboxylic acids is 1. The summed E-state index contributed by atoms with van der Waals surface area (Å²) in [5.41, 5.74) is 9.69. The Morgan fingerprint density at radius 3 is 2.48 bits per heavy atom. The lowest BCUT2D eigenvalue weighted by molar-refractivity contribution is 0.0697. The van der Waals surface area contributed by atoms with Crippen LogP contribution < -0.4 is 5.73 Å². The van der Waals surface area contributed by atoms with Gasteiger partial charge in [-0.1, -0.05) is 38.1 Å². The van der Waals surface area contributed by atoms with Crippen LogP contribution in [0, 0.1) is 5.92 Å². The van der Waals surface area contributed by atoms with Crippen molar-refractivity contribution in [3.05, 3.63) is 65.5 Å². The number of benzene rings is 2. The molecule has 1 aromatic heterocycles. The second-order valence-corrected chi connectivity index (χ2v) is 6.78. The van der Waals surface area contributed by atoms with Gasteiger partial charge in [-0.05, 0) is 42.2 Å². The molecular formula is C20H23N3O2. The van der Waals surface area contributed by atoms with Gasteiger partial charge in [-0.25, -0.2) is 9.78 Å². The summed E-state index contributed by atoms with van der Waals surface area (Å²) in [6.45, 7) is 4.91. The van der Waals surface area contributed by atoms with E-state index in [4.69, 9.17) is 15.8 Å². The number of nitrogens with zero attached hydrogens (tertiary/aromatic N) is 2. The Labute approximate surface area is 147 Å². The molecule has 3 rings (SSSR count). The van der Waals surface area contributed by atoms with E-state index in [0.717, 1.165) is 28.8 Å². The molecule has 3 aromatic rings. The van der Waals surface area contributed by atoms with E-state index in [1.54, 1.807) is 12.1 Å². The van der Waals surface area contributed by atoms with Crippen LogP contribution in [0.25, 0.3) is 11.0 Å². The molecule has 0 radical (unpaired) electrons. The van der Waals surface area contributed by atoms with Gasteiger partial charge < -0.3 is 15.4 Å². The Kier molecular flexibility index (Phi) is 4.86. The smallest absolute Gasteiger partial charge is 0.335 e. The predicted molar refractivity (Wildman–Crippen MR) is 98.6 cm³/mol. The molecule has 3 N–H and O–H groups in total. The van der Waals surface area contributed by atoms with Gasteiger partial charge in [0, 0.05) is 6.54 Å². The van der Waals surface area contributed by atoms with Crippen LogP contribution in [0.15, 0.2) is 48.5 Å². The first kappa shape index (κ1) is 17.2. The molecule has 1 atom stereocenters. The second kappa shape index (κ2) is 7.07. The Morgan fingerprint density at radius 2 is 1.84 bits per heavy atom. The summed E-state index contributed by atoms with van der Waals surface area (Å²) in [6.07, 6.45) is 0.862. The van der Waals surface area contributed by atoms with Crippen molar-refractivity contribution in [1.82, 2.24) is 9.55 Å². The highest BCUT2D eigenvalue weighted by molar-refractivity contribution is 5.87. The van der Waals surface area contributed by atoms with Gasteiger partial charge in [0.05, 0.1) is 22.6 Å². The van der Waals surface area contributed by atoms with Gasteiger partial charge in [0.25, 0.3) is 0 Å². The Hall–Kier alpha value is -2.66. The number of para-hydroxylation sites is 2. The van der Waals surface area contributed by atoms with E-state index in [-0.39, 0.29) is 11.6 Å². The van der Waals surface area contributed by atoms with Crippen LogP contribution in [-0.4, -0.2) is 20.6 Å². The van der Waals surface area contributed by atoms with Gasteiger partial charge in [0.15, 0.2) is 0 Å². The lowest BCUT2D eigenvalue weighted by Gasteiger charge is -2.16. The molecule has 0 aliphatic heterocycles. The average Bonchev–Trinajstić information content (AvgIpc) is 2.94. The molecule has 0 aliphatic rings. The van der Waals surface area contributed by atoms with Crippen LogP contribution >= 0.6 is 0 Å². The maximum Gasteiger partial charge on any atom is 0.335 e. The fraction of sp³-hybridized carbons (Fsp3) is 0.300. The maximum absolute atomic E-state index is 11.0. The highest BCUT2D eigenvalue weighted by Crippen LogP contribution is 2.25. The topological polar surface area (TPSA) is 81.1 Å². The summed E-state index contributed by atoms with van der Waals surface area (Å²) in [7, 11) is 0. The number of imidazole rings is 1. The van der Waals surface area contributed by atoms with Crippen molar-refractivity contribution in [1.29, 1.82) is 0 Å². The van der Waals surface area contributed by atoms with E-state index in [2.05, 4.69) is 18.4 Å². The van der Waals surface area contributed by atoms with Crippen molar-refractivity contribution in [3.8, 4) is 0 Å². The van der Waals surface area contributed by atoms with Crippen molar-refractivity contribution >= 4 is 17.0 Å². The number of hydrogen-bond acceptors (Lipinski definition) is 3. The zero-order valence-electron chi connectivity index (χ0n) is 14.5. The van der Waals surface area contributed by atoms with Crippen LogP contribution in [0.2, 0.25) is 0 Å². The Balaban J connectivity index is 1.99. The van der Waals surface area contributed by atoms with E-state index >= 15 is 0 Å². The fourth-order valence-corrected chi connectivity index (χ4v) is 3.09. The minimum Gasteiger partial charge on any atom is -0.478 e. The average molecular weight is 337 g/mol. The van der Waals surface area contributed by atoms with Gasteiger partial charge in [0.2, 0.25) is 0 Å². The van der Waals surface area contributed by atoms with Crippen LogP contribution in [0.5, 0.6) is 0 Å². The standard InChI is InChI=1S/C20H23N3O2/c1-13(2)11-16(21)19-22-17-5-3-4-6-18(17)23(19)12-14-7-9-15(10-8-14)20(24)25/h3-10,13,16H,11-12,21H2,1-2H3,(H,24,25). The molecule has 1 unspecified atom stereocenters. The first-order chi connectivity index (χ1) is 12.0. The molecule has 130 valence electrons. The lowest BCUT2D eigenvalue weighted by Crippen LogP contribution is -2.19. The Bertz CT molecular complexity index is 882. The molecule has 0 spiro atoms. The van der Waals surface area contributed by atoms with Crippen LogP contribution in [0.4, 0.5) is 0 Å². The molecule has 0 amide bonds. The quantitative estimate of drug-likeness (QED) is 0.716. The molecule has 0 saturated heterocycles. The van der Waals surface area contributed by atoms with Gasteiger partial charge >= 0.3 is 5.97 Å². The zero-order chi connectivity index (χ0) is 18.0. The van der Waals surface area contributed by atoms with Crippen molar-refractivity contribution in [3.63, 3.8) is 0 Å². The summed E-state index contributed by atoms with van der Waals surface area (Å²) >= 11 is 0. The first-order valence-corrected chi connectivity index (χ1v) is 8.48. The first-order valence-electron chi connectivity index (χ1n) is 8.48. The van der Waals surface area contributed by atoms with Crippen molar-refractivity contribution < 1.29 is 9.90 Å². The van der Waals surface area contributed by atoms with Crippen LogP contribution in [-0.2, 0) is 6.54 Å². The maximum atomic E-state index is 11.0. The molecule has 0 aliphatic carbocycles. The number of carboxylic acids is 1. The molecule has 0 bridgehead atoms. The largest absolute Gasteiger partial charge is 0.478 e. The third-order valence-electron chi connectivity index (χ3n) is 4.28. The number of rotatable bonds is 6. The molecule has 0 fully saturated rings. The van der Waals surface area contributed by atoms with Crippen molar-refractivity contribution in [2.45, 2.75) is 32.9 Å². The van der Waals surface area contributed by atoms with E-state index in [9.17, 15) is 4.79 Å². The fourth-order valence-electron chi connectivity index (χ4n) is 3.09. The van der Waals surface area contributed by atoms with Gasteiger partial charge in [-0.2, -0.15) is 0 Å². The zero-order valence-corrected chi connectivity index (χ0v) is 14.5. The number of nitrogens with two attached hydrogens (primary N) is 1. The number of carbonyl (C=O) groups is 1. The molecule has 5 heteroatoms. The van der Waals surface area contributed by atoms with Crippen molar-refractivity contribution in [2.24, 2.45) is 11.7 Å². The summed E-state index contributed by atoms with van der Waals surface area (Å²) in [5, 5.41) is 9.04. The van der Waals surface area contributed by atoms with Gasteiger partial charge in [-0.3, -0.25) is 0 Å². The van der Waals surface area contributed by atoms with E-state index < -0.39 is 5.97 Å². The minimum atomic E-state index is -0.917. The summed E-state index contributed by atoms with van der Waals surface area (Å²) in [5.74, 6) is 0.439. The predicted octanol–water partition coefficient (Wildman–Crippen LogP) is 3.83. The molecule has 25 heavy (non-hydrogen) atoms.